The second-order valence-electron chi connectivity index (χ2n) is 6.33. The van der Waals surface area contributed by atoms with Crippen LogP contribution in [-0.2, 0) is 4.74 Å². The van der Waals surface area contributed by atoms with Crippen LogP contribution in [0.3, 0.4) is 0 Å². The first-order valence-electron chi connectivity index (χ1n) is 5.20. The predicted molar refractivity (Wildman–Crippen MR) is 56.1 cm³/mol. The maximum atomic E-state index is 10.0. The molecule has 1 unspecified atom stereocenters. The van der Waals surface area contributed by atoms with Gasteiger partial charge in [-0.3, -0.25) is 0 Å². The average molecular weight is 201 g/mol. The zero-order valence-electron chi connectivity index (χ0n) is 10.2. The van der Waals surface area contributed by atoms with Crippen molar-refractivity contribution in [2.24, 2.45) is 5.41 Å². The van der Waals surface area contributed by atoms with Crippen LogP contribution >= 0.6 is 0 Å². The van der Waals surface area contributed by atoms with Gasteiger partial charge in [0.15, 0.2) is 0 Å². The third kappa shape index (κ3) is 2.27. The van der Waals surface area contributed by atoms with E-state index < -0.39 is 5.72 Å². The SMILES string of the molecule is CC(C)(C)CC1(C)OCC(C)(C)N1O. The molecule has 1 rings (SSSR count). The van der Waals surface area contributed by atoms with Gasteiger partial charge in [-0.2, -0.15) is 5.06 Å². The Balaban J connectivity index is 2.78. The molecule has 1 N–H and O–H groups in total. The third-order valence-corrected chi connectivity index (χ3v) is 2.62. The van der Waals surface area contributed by atoms with E-state index in [-0.39, 0.29) is 11.0 Å². The van der Waals surface area contributed by atoms with E-state index in [4.69, 9.17) is 4.74 Å². The van der Waals surface area contributed by atoms with Crippen molar-refractivity contribution < 1.29 is 9.94 Å². The number of hydrogen-bond donors (Lipinski definition) is 1. The summed E-state index contributed by atoms with van der Waals surface area (Å²) in [6.07, 6.45) is 0.819. The highest BCUT2D eigenvalue weighted by molar-refractivity contribution is 4.92. The molecule has 0 spiro atoms. The van der Waals surface area contributed by atoms with Gasteiger partial charge in [-0.05, 0) is 32.6 Å². The third-order valence-electron chi connectivity index (χ3n) is 2.62. The summed E-state index contributed by atoms with van der Waals surface area (Å²) in [4.78, 5) is 0. The van der Waals surface area contributed by atoms with Gasteiger partial charge in [-0.15, -0.1) is 0 Å². The lowest BCUT2D eigenvalue weighted by Crippen LogP contribution is -2.50. The summed E-state index contributed by atoms with van der Waals surface area (Å²) in [5.41, 5.74) is -0.669. The molecular formula is C11H23NO2. The second-order valence-corrected chi connectivity index (χ2v) is 6.33. The van der Waals surface area contributed by atoms with Gasteiger partial charge in [0.25, 0.3) is 0 Å². The lowest BCUT2D eigenvalue weighted by atomic mass is 9.86. The van der Waals surface area contributed by atoms with E-state index in [2.05, 4.69) is 20.8 Å². The van der Waals surface area contributed by atoms with Gasteiger partial charge in [0, 0.05) is 0 Å². The summed E-state index contributed by atoms with van der Waals surface area (Å²) < 4.78 is 5.72. The van der Waals surface area contributed by atoms with Crippen molar-refractivity contribution in [2.45, 2.75) is 59.2 Å². The van der Waals surface area contributed by atoms with Crippen LogP contribution in [0.1, 0.15) is 48.0 Å². The number of nitrogens with zero attached hydrogens (tertiary/aromatic N) is 1. The molecule has 0 aromatic heterocycles. The van der Waals surface area contributed by atoms with Crippen molar-refractivity contribution in [3.63, 3.8) is 0 Å². The molecule has 1 saturated heterocycles. The summed E-state index contributed by atoms with van der Waals surface area (Å²) in [5.74, 6) is 0. The minimum atomic E-state index is -0.540. The zero-order valence-corrected chi connectivity index (χ0v) is 10.2. The Labute approximate surface area is 87.0 Å². The van der Waals surface area contributed by atoms with Crippen molar-refractivity contribution in [1.82, 2.24) is 5.06 Å². The lowest BCUT2D eigenvalue weighted by molar-refractivity contribution is -0.251. The molecule has 0 aromatic rings. The lowest BCUT2D eigenvalue weighted by Gasteiger charge is -2.38. The van der Waals surface area contributed by atoms with Crippen molar-refractivity contribution >= 4 is 0 Å². The summed E-state index contributed by atoms with van der Waals surface area (Å²) in [7, 11) is 0. The molecule has 1 aliphatic heterocycles. The molecule has 0 saturated carbocycles. The second kappa shape index (κ2) is 3.19. The van der Waals surface area contributed by atoms with Gasteiger partial charge in [0.2, 0.25) is 0 Å². The highest BCUT2D eigenvalue weighted by Gasteiger charge is 2.49. The van der Waals surface area contributed by atoms with Crippen LogP contribution in [0, 0.1) is 5.41 Å². The van der Waals surface area contributed by atoms with E-state index in [1.165, 1.54) is 5.06 Å². The molecule has 3 heteroatoms. The van der Waals surface area contributed by atoms with Gasteiger partial charge in [-0.1, -0.05) is 20.8 Å². The fourth-order valence-corrected chi connectivity index (χ4v) is 2.20. The number of ether oxygens (including phenoxy) is 1. The van der Waals surface area contributed by atoms with Crippen molar-refractivity contribution in [3.8, 4) is 0 Å². The van der Waals surface area contributed by atoms with Gasteiger partial charge in [0.1, 0.15) is 5.72 Å². The number of hydrogen-bond acceptors (Lipinski definition) is 3. The molecule has 3 nitrogen and oxygen atoms in total. The van der Waals surface area contributed by atoms with E-state index >= 15 is 0 Å². The van der Waals surface area contributed by atoms with Crippen LogP contribution in [0.4, 0.5) is 0 Å². The maximum Gasteiger partial charge on any atom is 0.142 e. The van der Waals surface area contributed by atoms with E-state index in [1.807, 2.05) is 20.8 Å². The van der Waals surface area contributed by atoms with Gasteiger partial charge in [-0.25, -0.2) is 0 Å². The smallest absolute Gasteiger partial charge is 0.142 e. The molecule has 0 aromatic carbocycles. The Morgan fingerprint density at radius 1 is 1.29 bits per heavy atom. The number of rotatable bonds is 1. The molecule has 1 aliphatic rings. The molecule has 14 heavy (non-hydrogen) atoms. The Bertz CT molecular complexity index is 220. The van der Waals surface area contributed by atoms with E-state index in [9.17, 15) is 5.21 Å². The molecular weight excluding hydrogens is 178 g/mol. The molecule has 0 amide bonds. The predicted octanol–water partition coefficient (Wildman–Crippen LogP) is 2.64. The Kier molecular flexibility index (Phi) is 2.72. The molecule has 0 radical (unpaired) electrons. The van der Waals surface area contributed by atoms with Crippen LogP contribution in [0.25, 0.3) is 0 Å². The normalized spacial score (nSPS) is 33.6. The van der Waals surface area contributed by atoms with Gasteiger partial charge < -0.3 is 9.94 Å². The van der Waals surface area contributed by atoms with Crippen LogP contribution in [0.5, 0.6) is 0 Å². The summed E-state index contributed by atoms with van der Waals surface area (Å²) in [6, 6.07) is 0. The summed E-state index contributed by atoms with van der Waals surface area (Å²) in [6.45, 7) is 13.0. The molecule has 1 fully saturated rings. The van der Waals surface area contributed by atoms with Crippen LogP contribution in [0.15, 0.2) is 0 Å². The average Bonchev–Trinajstić information content (AvgIpc) is 2.12. The van der Waals surface area contributed by atoms with E-state index in [0.29, 0.717) is 6.61 Å². The minimum Gasteiger partial charge on any atom is -0.357 e. The topological polar surface area (TPSA) is 32.7 Å². The van der Waals surface area contributed by atoms with E-state index in [1.54, 1.807) is 0 Å². The quantitative estimate of drug-likeness (QED) is 0.708. The maximum absolute atomic E-state index is 10.0. The van der Waals surface area contributed by atoms with Crippen LogP contribution in [0.2, 0.25) is 0 Å². The summed E-state index contributed by atoms with van der Waals surface area (Å²) >= 11 is 0. The molecule has 1 atom stereocenters. The Hall–Kier alpha value is -0.120. The zero-order chi connectivity index (χ0) is 11.2. The minimum absolute atomic E-state index is 0.149. The number of hydroxylamine groups is 2. The molecule has 0 bridgehead atoms. The molecule has 1 heterocycles. The first kappa shape index (κ1) is 12.0. The largest absolute Gasteiger partial charge is 0.357 e. The fourth-order valence-electron chi connectivity index (χ4n) is 2.20. The highest BCUT2D eigenvalue weighted by Crippen LogP contribution is 2.40. The molecule has 0 aliphatic carbocycles. The van der Waals surface area contributed by atoms with Gasteiger partial charge in [0.05, 0.1) is 12.1 Å². The van der Waals surface area contributed by atoms with Crippen molar-refractivity contribution in [3.05, 3.63) is 0 Å². The van der Waals surface area contributed by atoms with Crippen LogP contribution < -0.4 is 0 Å². The van der Waals surface area contributed by atoms with E-state index in [0.717, 1.165) is 6.42 Å². The molecule has 84 valence electrons. The Morgan fingerprint density at radius 2 is 1.79 bits per heavy atom. The highest BCUT2D eigenvalue weighted by atomic mass is 16.6. The van der Waals surface area contributed by atoms with Crippen molar-refractivity contribution in [2.75, 3.05) is 6.61 Å². The first-order chi connectivity index (χ1) is 6.07. The summed E-state index contributed by atoms with van der Waals surface area (Å²) in [5, 5.41) is 11.4. The standard InChI is InChI=1S/C11H23NO2/c1-9(2,3)7-11(6)12(13)10(4,5)8-14-11/h13H,7-8H2,1-6H3. The monoisotopic (exact) mass is 201 g/mol. The van der Waals surface area contributed by atoms with Crippen LogP contribution in [-0.4, -0.2) is 28.1 Å². The Morgan fingerprint density at radius 3 is 2.07 bits per heavy atom. The van der Waals surface area contributed by atoms with Gasteiger partial charge >= 0.3 is 0 Å². The van der Waals surface area contributed by atoms with Crippen molar-refractivity contribution in [1.29, 1.82) is 0 Å². The first-order valence-corrected chi connectivity index (χ1v) is 5.20. The fraction of sp³-hybridized carbons (Fsp3) is 1.00.